The highest BCUT2D eigenvalue weighted by atomic mass is 35.5. The van der Waals surface area contributed by atoms with Crippen LogP contribution in [0, 0.1) is 5.41 Å². The maximum absolute atomic E-state index is 15.2. The molecule has 1 amide bonds. The van der Waals surface area contributed by atoms with Gasteiger partial charge in [-0.1, -0.05) is 23.7 Å². The summed E-state index contributed by atoms with van der Waals surface area (Å²) < 4.78 is 80.9. The normalized spacial score (nSPS) is 30.9. The highest BCUT2D eigenvalue weighted by molar-refractivity contribution is 6.29. The second-order valence-electron chi connectivity index (χ2n) is 12.5. The van der Waals surface area contributed by atoms with E-state index in [1.54, 1.807) is 0 Å². The average Bonchev–Trinajstić information content (AvgIpc) is 3.40. The minimum atomic E-state index is -4.63. The quantitative estimate of drug-likeness (QED) is 0.343. The van der Waals surface area contributed by atoms with E-state index in [9.17, 15) is 18.0 Å². The molecule has 1 unspecified atom stereocenters. The fourth-order valence-corrected chi connectivity index (χ4v) is 7.29. The van der Waals surface area contributed by atoms with E-state index >= 15 is 8.78 Å². The Labute approximate surface area is 243 Å². The van der Waals surface area contributed by atoms with Crippen molar-refractivity contribution in [2.45, 2.75) is 81.1 Å². The zero-order valence-electron chi connectivity index (χ0n) is 22.9. The molecule has 4 heterocycles. The van der Waals surface area contributed by atoms with Gasteiger partial charge < -0.3 is 15.0 Å². The second-order valence-corrected chi connectivity index (χ2v) is 12.9. The molecule has 2 saturated carbocycles. The second kappa shape index (κ2) is 8.78. The number of aromatic nitrogens is 3. The summed E-state index contributed by atoms with van der Waals surface area (Å²) >= 11 is 5.98. The molecule has 4 aliphatic rings. The van der Waals surface area contributed by atoms with Crippen molar-refractivity contribution in [1.82, 2.24) is 19.9 Å². The summed E-state index contributed by atoms with van der Waals surface area (Å²) in [6.07, 6.45) is 1.37. The predicted octanol–water partition coefficient (Wildman–Crippen LogP) is 6.31. The summed E-state index contributed by atoms with van der Waals surface area (Å²) in [5, 5.41) is 6.74. The highest BCUT2D eigenvalue weighted by Crippen LogP contribution is 2.71. The lowest BCUT2D eigenvalue weighted by atomic mass is 9.78. The van der Waals surface area contributed by atoms with Gasteiger partial charge in [-0.15, -0.1) is 0 Å². The van der Waals surface area contributed by atoms with Crippen molar-refractivity contribution in [3.8, 4) is 0 Å². The number of halogens is 6. The third kappa shape index (κ3) is 3.76. The van der Waals surface area contributed by atoms with E-state index in [-0.39, 0.29) is 46.0 Å². The van der Waals surface area contributed by atoms with Gasteiger partial charge in [0, 0.05) is 24.8 Å². The molecular formula is C29H29ClF5N5O2. The van der Waals surface area contributed by atoms with Gasteiger partial charge in [0.25, 0.3) is 5.92 Å². The molecule has 1 N–H and O–H groups in total. The van der Waals surface area contributed by atoms with Crippen LogP contribution in [0.5, 0.6) is 0 Å². The first kappa shape index (κ1) is 27.8. The van der Waals surface area contributed by atoms with Crippen LogP contribution in [-0.4, -0.2) is 57.4 Å². The molecule has 3 fully saturated rings. The molecule has 0 bridgehead atoms. The number of rotatable bonds is 5. The van der Waals surface area contributed by atoms with Crippen LogP contribution in [0.15, 0.2) is 36.5 Å². The molecule has 1 saturated heterocycles. The molecule has 3 aromatic rings. The lowest BCUT2D eigenvalue weighted by molar-refractivity contribution is -0.181. The number of ether oxygens (including phenoxy) is 1. The summed E-state index contributed by atoms with van der Waals surface area (Å²) in [5.41, 5.74) is -3.47. The van der Waals surface area contributed by atoms with Gasteiger partial charge in [-0.25, -0.2) is 18.3 Å². The molecule has 0 radical (unpaired) electrons. The molecule has 42 heavy (non-hydrogen) atoms. The fourth-order valence-electron chi connectivity index (χ4n) is 7.11. The van der Waals surface area contributed by atoms with E-state index in [2.05, 4.69) is 15.4 Å². The van der Waals surface area contributed by atoms with Crippen LogP contribution >= 0.6 is 11.6 Å². The summed E-state index contributed by atoms with van der Waals surface area (Å²) in [5.74, 6) is -5.38. The minimum Gasteiger partial charge on any atom is -0.370 e. The fraction of sp³-hybridized carbons (Fsp3) is 0.552. The molecular weight excluding hydrogens is 581 g/mol. The average molecular weight is 610 g/mol. The van der Waals surface area contributed by atoms with Gasteiger partial charge in [-0.05, 0) is 63.6 Å². The summed E-state index contributed by atoms with van der Waals surface area (Å²) in [7, 11) is 0. The van der Waals surface area contributed by atoms with E-state index in [0.29, 0.717) is 5.69 Å². The zero-order valence-corrected chi connectivity index (χ0v) is 23.7. The van der Waals surface area contributed by atoms with Gasteiger partial charge >= 0.3 is 6.18 Å². The van der Waals surface area contributed by atoms with Crippen LogP contribution < -0.4 is 10.2 Å². The van der Waals surface area contributed by atoms with E-state index in [1.165, 1.54) is 48.4 Å². The molecule has 1 aromatic carbocycles. The molecule has 2 aromatic heterocycles. The molecule has 4 atom stereocenters. The third-order valence-corrected chi connectivity index (χ3v) is 10.2. The van der Waals surface area contributed by atoms with E-state index in [1.807, 2.05) is 0 Å². The number of hydrogen-bond acceptors (Lipinski definition) is 5. The monoisotopic (exact) mass is 609 g/mol. The zero-order chi connectivity index (χ0) is 29.9. The molecule has 7 rings (SSSR count). The van der Waals surface area contributed by atoms with E-state index in [4.69, 9.17) is 16.3 Å². The number of alkyl halides is 5. The summed E-state index contributed by atoms with van der Waals surface area (Å²) in [6, 6.07) is 7.28. The Kier molecular flexibility index (Phi) is 5.81. The SMILES string of the molecule is C[C@@]1(C(F)(F)F)CN(c2ccc([C@H]3C(F)(F)[C@]3(C)C(=O)NCC3CCC4(CCC4)O3)cc2)c2cnc3cc(Cl)nn3c21. The number of carbonyl (C=O) groups excluding carboxylic acids is 1. The van der Waals surface area contributed by atoms with Gasteiger partial charge in [0.2, 0.25) is 5.91 Å². The predicted molar refractivity (Wildman–Crippen MR) is 144 cm³/mol. The number of hydrogen-bond donors (Lipinski definition) is 1. The van der Waals surface area contributed by atoms with Crippen LogP contribution in [0.25, 0.3) is 5.65 Å². The molecule has 2 aliphatic heterocycles. The number of fused-ring (bicyclic) bond motifs is 3. The van der Waals surface area contributed by atoms with E-state index in [0.717, 1.165) is 43.5 Å². The Morgan fingerprint density at radius 3 is 2.50 bits per heavy atom. The van der Waals surface area contributed by atoms with Gasteiger partial charge in [-0.2, -0.15) is 18.3 Å². The number of benzene rings is 1. The standard InChI is InChI=1S/C29H29ClF5N5O2/c1-25(29(33,34)35)15-39(19-14-36-21-12-20(30)38-40(21)23(19)25)17-6-4-16(5-7-17)22-26(2,28(22,31)32)24(41)37-13-18-8-11-27(42-18)9-3-10-27/h4-7,12,14,18,22H,3,8-11,13,15H2,1-2H3,(H,37,41)/t18?,22-,25-,26+/m1/s1. The van der Waals surface area contributed by atoms with Crippen molar-refractivity contribution in [2.24, 2.45) is 5.41 Å². The number of nitrogens with zero attached hydrogens (tertiary/aromatic N) is 4. The van der Waals surface area contributed by atoms with Gasteiger partial charge in [0.15, 0.2) is 10.8 Å². The van der Waals surface area contributed by atoms with Crippen molar-refractivity contribution in [1.29, 1.82) is 0 Å². The Morgan fingerprint density at radius 2 is 1.88 bits per heavy atom. The first-order valence-electron chi connectivity index (χ1n) is 14.0. The van der Waals surface area contributed by atoms with Crippen molar-refractivity contribution in [3.05, 3.63) is 52.9 Å². The molecule has 2 aliphatic carbocycles. The number of amides is 1. The Hall–Kier alpha value is -2.99. The first-order valence-corrected chi connectivity index (χ1v) is 14.4. The number of carbonyl (C=O) groups is 1. The maximum Gasteiger partial charge on any atom is 0.401 e. The first-order chi connectivity index (χ1) is 19.7. The summed E-state index contributed by atoms with van der Waals surface area (Å²) in [6.45, 7) is 2.06. The molecule has 7 nitrogen and oxygen atoms in total. The van der Waals surface area contributed by atoms with Crippen molar-refractivity contribution >= 4 is 34.5 Å². The lowest BCUT2D eigenvalue weighted by Gasteiger charge is -2.38. The molecule has 13 heteroatoms. The number of anilines is 2. The lowest BCUT2D eigenvalue weighted by Crippen LogP contribution is -2.43. The van der Waals surface area contributed by atoms with Crippen molar-refractivity contribution < 1.29 is 31.5 Å². The van der Waals surface area contributed by atoms with E-state index < -0.39 is 41.3 Å². The van der Waals surface area contributed by atoms with Gasteiger partial charge in [0.05, 0.1) is 35.2 Å². The van der Waals surface area contributed by atoms with Crippen LogP contribution in [0.4, 0.5) is 33.3 Å². The van der Waals surface area contributed by atoms with Gasteiger partial charge in [0.1, 0.15) is 10.8 Å². The van der Waals surface area contributed by atoms with Crippen LogP contribution in [-0.2, 0) is 14.9 Å². The molecule has 224 valence electrons. The Bertz CT molecular complexity index is 1590. The Balaban J connectivity index is 1.12. The summed E-state index contributed by atoms with van der Waals surface area (Å²) in [4.78, 5) is 18.7. The molecule has 1 spiro atoms. The third-order valence-electron chi connectivity index (χ3n) is 10.0. The van der Waals surface area contributed by atoms with Crippen LogP contribution in [0.3, 0.4) is 0 Å². The van der Waals surface area contributed by atoms with Crippen molar-refractivity contribution in [3.63, 3.8) is 0 Å². The number of nitrogens with one attached hydrogen (secondary N) is 1. The largest absolute Gasteiger partial charge is 0.401 e. The topological polar surface area (TPSA) is 71.8 Å². The van der Waals surface area contributed by atoms with Crippen molar-refractivity contribution in [2.75, 3.05) is 18.0 Å². The smallest absolute Gasteiger partial charge is 0.370 e. The maximum atomic E-state index is 15.2. The van der Waals surface area contributed by atoms with Gasteiger partial charge in [-0.3, -0.25) is 4.79 Å². The Morgan fingerprint density at radius 1 is 1.17 bits per heavy atom. The van der Waals surface area contributed by atoms with Crippen LogP contribution in [0.2, 0.25) is 5.15 Å². The minimum absolute atomic E-state index is 0.0127. The highest BCUT2D eigenvalue weighted by Gasteiger charge is 2.82. The van der Waals surface area contributed by atoms with Crippen LogP contribution in [0.1, 0.15) is 63.1 Å².